The fourth-order valence-corrected chi connectivity index (χ4v) is 5.09. The van der Waals surface area contributed by atoms with E-state index in [4.69, 9.17) is 4.74 Å². The van der Waals surface area contributed by atoms with E-state index >= 15 is 0 Å². The largest absolute Gasteiger partial charge is 1.00 e. The number of aryl methyl sites for hydroxylation is 1. The van der Waals surface area contributed by atoms with Crippen molar-refractivity contribution in [3.63, 3.8) is 0 Å². The summed E-state index contributed by atoms with van der Waals surface area (Å²) < 4.78 is 10.1. The van der Waals surface area contributed by atoms with Gasteiger partial charge in [-0.15, -0.1) is 0 Å². The van der Waals surface area contributed by atoms with Gasteiger partial charge in [-0.25, -0.2) is 0 Å². The zero-order valence-corrected chi connectivity index (χ0v) is 21.5. The van der Waals surface area contributed by atoms with Gasteiger partial charge in [0.1, 0.15) is 6.54 Å². The normalized spacial score (nSPS) is 17.1. The van der Waals surface area contributed by atoms with Gasteiger partial charge in [0.25, 0.3) is 0 Å². The molecule has 27 heavy (non-hydrogen) atoms. The van der Waals surface area contributed by atoms with E-state index in [-0.39, 0.29) is 22.5 Å². The summed E-state index contributed by atoms with van der Waals surface area (Å²) in [6, 6.07) is 8.61. The van der Waals surface area contributed by atoms with Gasteiger partial charge in [-0.3, -0.25) is 0 Å². The third-order valence-corrected chi connectivity index (χ3v) is 6.03. The number of ether oxygens (including phenoxy) is 1. The zero-order valence-electron chi connectivity index (χ0n) is 16.7. The van der Waals surface area contributed by atoms with E-state index in [2.05, 4.69) is 81.5 Å². The van der Waals surface area contributed by atoms with Crippen LogP contribution in [0.2, 0.25) is 0 Å². The van der Waals surface area contributed by atoms with Gasteiger partial charge in [-0.2, -0.15) is 4.58 Å². The highest BCUT2D eigenvalue weighted by Gasteiger charge is 2.52. The van der Waals surface area contributed by atoms with Gasteiger partial charge in [0.05, 0.1) is 6.42 Å². The van der Waals surface area contributed by atoms with Crippen molar-refractivity contribution in [2.24, 2.45) is 0 Å². The van der Waals surface area contributed by atoms with Crippen LogP contribution in [0.3, 0.4) is 0 Å². The average molecular weight is 566 g/mol. The highest BCUT2D eigenvalue weighted by molar-refractivity contribution is 9.11. The first-order chi connectivity index (χ1) is 12.6. The molecule has 152 valence electrons. The molecule has 0 unspecified atom stereocenters. The molecule has 0 amide bonds. The van der Waals surface area contributed by atoms with Crippen LogP contribution in [-0.2, 0) is 11.2 Å². The van der Waals surface area contributed by atoms with Crippen molar-refractivity contribution in [3.05, 3.63) is 45.0 Å². The molecule has 0 saturated heterocycles. The molecule has 0 radical (unpaired) electrons. The maximum Gasteiger partial charge on any atom is 0.342 e. The van der Waals surface area contributed by atoms with E-state index in [1.165, 1.54) is 18.4 Å². The Labute approximate surface area is 192 Å². The van der Waals surface area contributed by atoms with Crippen LogP contribution in [0.15, 0.2) is 39.5 Å². The first-order valence-electron chi connectivity index (χ1n) is 9.97. The van der Waals surface area contributed by atoms with Gasteiger partial charge >= 0.3 is 5.90 Å². The Bertz CT molecular complexity index is 649. The monoisotopic (exact) mass is 563 g/mol. The van der Waals surface area contributed by atoms with Crippen molar-refractivity contribution in [1.82, 2.24) is 0 Å². The lowest BCUT2D eigenvalue weighted by Gasteiger charge is -2.25. The third-order valence-electron chi connectivity index (χ3n) is 5.12. The highest BCUT2D eigenvalue weighted by atomic mass is 79.9. The Balaban J connectivity index is 0.00000364. The molecule has 1 aromatic carbocycles. The summed E-state index contributed by atoms with van der Waals surface area (Å²) in [5.74, 6) is 2.27. The number of rotatable bonds is 10. The molecular formula is C22H32Br3NO. The summed E-state index contributed by atoms with van der Waals surface area (Å²) >= 11 is 7.14. The van der Waals surface area contributed by atoms with E-state index < -0.39 is 0 Å². The highest BCUT2D eigenvalue weighted by Crippen LogP contribution is 2.39. The van der Waals surface area contributed by atoms with Gasteiger partial charge in [-0.05, 0) is 43.4 Å². The number of hydrogen-bond acceptors (Lipinski definition) is 1. The fourth-order valence-electron chi connectivity index (χ4n) is 4.13. The van der Waals surface area contributed by atoms with Crippen LogP contribution in [0.5, 0.6) is 0 Å². The van der Waals surface area contributed by atoms with Gasteiger partial charge < -0.3 is 21.7 Å². The minimum absolute atomic E-state index is 0. The third kappa shape index (κ3) is 6.17. The lowest BCUT2D eigenvalue weighted by atomic mass is 9.86. The first-order valence-corrected chi connectivity index (χ1v) is 11.7. The summed E-state index contributed by atoms with van der Waals surface area (Å²) in [5, 5.41) is 0. The van der Waals surface area contributed by atoms with Gasteiger partial charge in [0.15, 0.2) is 5.76 Å². The van der Waals surface area contributed by atoms with E-state index in [1.54, 1.807) is 0 Å². The topological polar surface area (TPSA) is 12.2 Å². The summed E-state index contributed by atoms with van der Waals surface area (Å²) in [6.07, 6.45) is 8.94. The summed E-state index contributed by atoms with van der Waals surface area (Å²) in [4.78, 5) is 2.02. The van der Waals surface area contributed by atoms with Crippen molar-refractivity contribution in [3.8, 4) is 0 Å². The molecule has 0 atom stereocenters. The molecule has 0 aliphatic carbocycles. The van der Waals surface area contributed by atoms with Crippen molar-refractivity contribution in [2.45, 2.75) is 77.7 Å². The standard InChI is InChI=1S/C22H32Br2NO.BrH/c1-4-13-22(14-5-2)20(17-23)26-21(25(22)15-6-3)12-8-10-18-9-7-11-19(24)16-18;/h7,9,11,16-17H,4-6,8,10,12-15H2,1-3H3;1H/q+1;/p-1. The zero-order chi connectivity index (χ0) is 19.0. The number of benzene rings is 1. The number of nitrogens with zero attached hydrogens (tertiary/aromatic N) is 1. The predicted octanol–water partition coefficient (Wildman–Crippen LogP) is 4.20. The summed E-state index contributed by atoms with van der Waals surface area (Å²) in [7, 11) is 0. The second kappa shape index (κ2) is 12.4. The van der Waals surface area contributed by atoms with Crippen LogP contribution < -0.4 is 17.0 Å². The van der Waals surface area contributed by atoms with Gasteiger partial charge in [0.2, 0.25) is 5.54 Å². The Morgan fingerprint density at radius 1 is 1.07 bits per heavy atom. The van der Waals surface area contributed by atoms with Crippen LogP contribution >= 0.6 is 31.9 Å². The Morgan fingerprint density at radius 2 is 1.78 bits per heavy atom. The lowest BCUT2D eigenvalue weighted by Crippen LogP contribution is -3.00. The second-order valence-corrected chi connectivity index (χ2v) is 8.51. The number of halogens is 3. The summed E-state index contributed by atoms with van der Waals surface area (Å²) in [5.41, 5.74) is 1.42. The maximum absolute atomic E-state index is 6.41. The Morgan fingerprint density at radius 3 is 2.33 bits per heavy atom. The van der Waals surface area contributed by atoms with Crippen LogP contribution in [0.4, 0.5) is 0 Å². The van der Waals surface area contributed by atoms with E-state index in [0.717, 1.165) is 61.2 Å². The Kier molecular flexibility index (Phi) is 11.5. The molecule has 1 aromatic rings. The van der Waals surface area contributed by atoms with Gasteiger partial charge in [-0.1, -0.05) is 64.8 Å². The molecule has 0 saturated carbocycles. The Hall–Kier alpha value is -0.130. The molecule has 2 nitrogen and oxygen atoms in total. The molecule has 0 fully saturated rings. The van der Waals surface area contributed by atoms with E-state index in [9.17, 15) is 0 Å². The molecular weight excluding hydrogens is 534 g/mol. The molecule has 0 bridgehead atoms. The molecule has 1 aliphatic rings. The van der Waals surface area contributed by atoms with Crippen molar-refractivity contribution >= 4 is 37.8 Å². The molecule has 2 rings (SSSR count). The van der Waals surface area contributed by atoms with Crippen LogP contribution in [0.1, 0.15) is 71.3 Å². The van der Waals surface area contributed by atoms with Crippen LogP contribution in [0.25, 0.3) is 0 Å². The molecule has 1 heterocycles. The van der Waals surface area contributed by atoms with E-state index in [1.807, 2.05) is 4.99 Å². The van der Waals surface area contributed by atoms with Crippen LogP contribution in [0, 0.1) is 0 Å². The average Bonchev–Trinajstić information content (AvgIpc) is 2.89. The SMILES string of the molecule is CCC[N+]1=C(CCCc2cccc(Br)c2)OC(=CBr)C1(CCC)CCC.[Br-]. The smallest absolute Gasteiger partial charge is 0.342 e. The molecule has 1 aliphatic heterocycles. The molecule has 0 spiro atoms. The quantitative estimate of drug-likeness (QED) is 0.387. The molecule has 0 N–H and O–H groups in total. The summed E-state index contributed by atoms with van der Waals surface area (Å²) in [6.45, 7) is 7.88. The van der Waals surface area contributed by atoms with Crippen molar-refractivity contribution < 1.29 is 26.3 Å². The maximum atomic E-state index is 6.41. The molecule has 5 heteroatoms. The predicted molar refractivity (Wildman–Crippen MR) is 118 cm³/mol. The minimum Gasteiger partial charge on any atom is -1.00 e. The van der Waals surface area contributed by atoms with Crippen molar-refractivity contribution in [2.75, 3.05) is 6.54 Å². The first kappa shape index (κ1) is 24.9. The van der Waals surface area contributed by atoms with Gasteiger partial charge in [0, 0.05) is 28.7 Å². The minimum atomic E-state index is 0. The lowest BCUT2D eigenvalue weighted by molar-refractivity contribution is -0.596. The van der Waals surface area contributed by atoms with Crippen LogP contribution in [-0.4, -0.2) is 22.6 Å². The second-order valence-electron chi connectivity index (χ2n) is 7.14. The van der Waals surface area contributed by atoms with E-state index in [0.29, 0.717) is 0 Å². The van der Waals surface area contributed by atoms with Crippen molar-refractivity contribution in [1.29, 1.82) is 0 Å². The number of hydrogen-bond donors (Lipinski definition) is 0. The fraction of sp³-hybridized carbons (Fsp3) is 0.591. The molecule has 0 aromatic heterocycles.